The van der Waals surface area contributed by atoms with Gasteiger partial charge >= 0.3 is 0 Å². The van der Waals surface area contributed by atoms with Gasteiger partial charge in [0, 0.05) is 11.6 Å². The number of hydrogen-bond donors (Lipinski definition) is 0. The van der Waals surface area contributed by atoms with Gasteiger partial charge in [-0.25, -0.2) is 4.57 Å². The summed E-state index contributed by atoms with van der Waals surface area (Å²) < 4.78 is 8.56. The van der Waals surface area contributed by atoms with Gasteiger partial charge in [0.1, 0.15) is 18.5 Å². The van der Waals surface area contributed by atoms with Crippen molar-refractivity contribution in [2.45, 2.75) is 13.8 Å². The maximum absolute atomic E-state index is 9.38. The van der Waals surface area contributed by atoms with Crippen molar-refractivity contribution in [3.63, 3.8) is 0 Å². The van der Waals surface area contributed by atoms with Crippen LogP contribution < -0.4 is 9.30 Å². The molecule has 0 fully saturated rings. The summed E-state index contributed by atoms with van der Waals surface area (Å²) in [6.07, 6.45) is 2.06. The van der Waals surface area contributed by atoms with Gasteiger partial charge in [-0.05, 0) is 47.7 Å². The number of ether oxygens (including phenoxy) is 1. The second-order valence-corrected chi connectivity index (χ2v) is 6.93. The highest BCUT2D eigenvalue weighted by Crippen LogP contribution is 2.50. The third kappa shape index (κ3) is 1.79. The van der Waals surface area contributed by atoms with E-state index < -0.39 is 0 Å². The van der Waals surface area contributed by atoms with Crippen molar-refractivity contribution in [1.82, 2.24) is 0 Å². The lowest BCUT2D eigenvalue weighted by Gasteiger charge is -2.24. The van der Waals surface area contributed by atoms with Crippen molar-refractivity contribution in [3.8, 4) is 28.8 Å². The van der Waals surface area contributed by atoms with Crippen LogP contribution in [0, 0.1) is 25.2 Å². The number of aryl methyl sites for hydroxylation is 3. The summed E-state index contributed by atoms with van der Waals surface area (Å²) in [5, 5.41) is 13.9. The highest BCUT2D eigenvalue weighted by Gasteiger charge is 2.31. The first kappa shape index (κ1) is 14.9. The van der Waals surface area contributed by atoms with Crippen LogP contribution in [0.4, 0.5) is 0 Å². The lowest BCUT2D eigenvalue weighted by molar-refractivity contribution is -0.659. The molecule has 0 radical (unpaired) electrons. The Labute approximate surface area is 151 Å². The van der Waals surface area contributed by atoms with Gasteiger partial charge in [0.2, 0.25) is 5.69 Å². The highest BCUT2D eigenvalue weighted by molar-refractivity contribution is 6.06. The minimum Gasteiger partial charge on any atom is -0.455 e. The molecule has 3 nitrogen and oxygen atoms in total. The van der Waals surface area contributed by atoms with Crippen LogP contribution in [0.2, 0.25) is 0 Å². The summed E-state index contributed by atoms with van der Waals surface area (Å²) in [5.41, 5.74) is 5.26. The Hall–Kier alpha value is -3.38. The van der Waals surface area contributed by atoms with E-state index in [0.717, 1.165) is 39.1 Å². The summed E-state index contributed by atoms with van der Waals surface area (Å²) in [6.45, 7) is 4.28. The molecule has 0 saturated carbocycles. The number of pyridine rings is 1. The molecule has 1 aromatic heterocycles. The summed E-state index contributed by atoms with van der Waals surface area (Å²) in [4.78, 5) is 0. The van der Waals surface area contributed by atoms with Crippen molar-refractivity contribution in [1.29, 1.82) is 5.26 Å². The zero-order valence-corrected chi connectivity index (χ0v) is 14.9. The molecule has 0 bridgehead atoms. The molecule has 0 unspecified atom stereocenters. The fraction of sp³-hybridized carbons (Fsp3) is 0.130. The maximum Gasteiger partial charge on any atom is 0.228 e. The molecular weight excluding hydrogens is 320 g/mol. The van der Waals surface area contributed by atoms with Crippen LogP contribution in [0.25, 0.3) is 32.8 Å². The van der Waals surface area contributed by atoms with Gasteiger partial charge in [0.15, 0.2) is 6.20 Å². The number of fused-ring (bicyclic) bond motifs is 3. The Bertz CT molecular complexity index is 1300. The minimum absolute atomic E-state index is 0.617. The van der Waals surface area contributed by atoms with Crippen LogP contribution in [0.1, 0.15) is 16.7 Å². The van der Waals surface area contributed by atoms with Crippen LogP contribution in [0.15, 0.2) is 48.7 Å². The van der Waals surface area contributed by atoms with E-state index >= 15 is 0 Å². The van der Waals surface area contributed by atoms with Gasteiger partial charge in [-0.2, -0.15) is 5.26 Å². The molecule has 0 amide bonds. The minimum atomic E-state index is 0.617. The Balaban J connectivity index is 2.03. The number of aromatic nitrogens is 1. The van der Waals surface area contributed by atoms with Crippen molar-refractivity contribution < 1.29 is 9.30 Å². The van der Waals surface area contributed by atoms with E-state index in [4.69, 9.17) is 4.74 Å². The first-order chi connectivity index (χ1) is 12.6. The van der Waals surface area contributed by atoms with E-state index in [-0.39, 0.29) is 0 Å². The molecule has 0 N–H and O–H groups in total. The Kier molecular flexibility index (Phi) is 2.90. The Morgan fingerprint density at radius 1 is 1.00 bits per heavy atom. The molecule has 4 aromatic rings. The lowest BCUT2D eigenvalue weighted by Crippen LogP contribution is -2.32. The largest absolute Gasteiger partial charge is 0.455 e. The van der Waals surface area contributed by atoms with Crippen LogP contribution in [-0.4, -0.2) is 0 Å². The third-order valence-corrected chi connectivity index (χ3v) is 5.46. The predicted molar refractivity (Wildman–Crippen MR) is 102 cm³/mol. The SMILES string of the molecule is Cc1c2c(c(C)c3ccccc13)-c1c3c(cc(C#N)cc3cc[n+]1C)O2. The van der Waals surface area contributed by atoms with E-state index in [1.807, 2.05) is 18.2 Å². The first-order valence-corrected chi connectivity index (χ1v) is 8.66. The summed E-state index contributed by atoms with van der Waals surface area (Å²) in [5.74, 6) is 1.66. The standard InChI is InChI=1S/C23H17N2O/c1-13-17-6-4-5-7-18(17)14(2)23-20(13)22-21-16(8-9-25(22)3)10-15(12-24)11-19(21)26-23/h4-11H,1-3H3/q+1. The fourth-order valence-electron chi connectivity index (χ4n) is 4.19. The number of nitriles is 1. The van der Waals surface area contributed by atoms with Crippen LogP contribution >= 0.6 is 0 Å². The van der Waals surface area contributed by atoms with E-state index in [1.165, 1.54) is 16.3 Å². The van der Waals surface area contributed by atoms with Crippen LogP contribution in [0.5, 0.6) is 11.5 Å². The second kappa shape index (κ2) is 5.06. The topological polar surface area (TPSA) is 36.9 Å². The quantitative estimate of drug-likeness (QED) is 0.370. The van der Waals surface area contributed by atoms with Crippen LogP contribution in [-0.2, 0) is 7.05 Å². The summed E-state index contributed by atoms with van der Waals surface area (Å²) in [7, 11) is 2.07. The van der Waals surface area contributed by atoms with Crippen molar-refractivity contribution in [2.24, 2.45) is 7.05 Å². The van der Waals surface area contributed by atoms with Crippen molar-refractivity contribution >= 4 is 21.5 Å². The van der Waals surface area contributed by atoms with Gasteiger partial charge < -0.3 is 4.74 Å². The van der Waals surface area contributed by atoms with E-state index in [0.29, 0.717) is 5.56 Å². The highest BCUT2D eigenvalue weighted by atomic mass is 16.5. The normalized spacial score (nSPS) is 11.9. The number of benzene rings is 3. The molecule has 124 valence electrons. The Morgan fingerprint density at radius 3 is 2.46 bits per heavy atom. The fourth-order valence-corrected chi connectivity index (χ4v) is 4.19. The molecule has 2 heterocycles. The van der Waals surface area contributed by atoms with Crippen molar-refractivity contribution in [3.05, 3.63) is 65.4 Å². The average Bonchev–Trinajstić information content (AvgIpc) is 2.67. The smallest absolute Gasteiger partial charge is 0.228 e. The van der Waals surface area contributed by atoms with Crippen molar-refractivity contribution in [2.75, 3.05) is 0 Å². The maximum atomic E-state index is 9.38. The van der Waals surface area contributed by atoms with Gasteiger partial charge in [0.05, 0.1) is 22.6 Å². The second-order valence-electron chi connectivity index (χ2n) is 6.93. The Morgan fingerprint density at radius 2 is 1.73 bits per heavy atom. The van der Waals surface area contributed by atoms with Gasteiger partial charge in [-0.3, -0.25) is 0 Å². The number of hydrogen-bond acceptors (Lipinski definition) is 2. The monoisotopic (exact) mass is 337 g/mol. The van der Waals surface area contributed by atoms with Crippen LogP contribution in [0.3, 0.4) is 0 Å². The zero-order chi connectivity index (χ0) is 18.0. The number of nitrogens with zero attached hydrogens (tertiary/aromatic N) is 2. The van der Waals surface area contributed by atoms with E-state index in [9.17, 15) is 5.26 Å². The molecule has 26 heavy (non-hydrogen) atoms. The molecule has 5 rings (SSSR count). The third-order valence-electron chi connectivity index (χ3n) is 5.46. The van der Waals surface area contributed by atoms with Gasteiger partial charge in [-0.1, -0.05) is 24.3 Å². The van der Waals surface area contributed by atoms with Gasteiger partial charge in [0.25, 0.3) is 0 Å². The summed E-state index contributed by atoms with van der Waals surface area (Å²) in [6, 6.07) is 16.5. The zero-order valence-electron chi connectivity index (χ0n) is 14.9. The molecular formula is C23H17N2O+. The molecule has 0 spiro atoms. The van der Waals surface area contributed by atoms with Gasteiger partial charge in [-0.15, -0.1) is 0 Å². The molecule has 3 aromatic carbocycles. The van der Waals surface area contributed by atoms with E-state index in [1.54, 1.807) is 0 Å². The molecule has 1 aliphatic rings. The molecule has 0 atom stereocenters. The lowest BCUT2D eigenvalue weighted by atomic mass is 9.89. The number of rotatable bonds is 0. The molecule has 3 heteroatoms. The average molecular weight is 337 g/mol. The molecule has 1 aliphatic heterocycles. The summed E-state index contributed by atoms with van der Waals surface area (Å²) >= 11 is 0. The van der Waals surface area contributed by atoms with E-state index in [2.05, 4.69) is 62.0 Å². The molecule has 0 saturated heterocycles. The predicted octanol–water partition coefficient (Wildman–Crippen LogP) is 5.08. The molecule has 0 aliphatic carbocycles. The first-order valence-electron chi connectivity index (χ1n) is 8.66.